The number of nitriles is 1. The Morgan fingerprint density at radius 3 is 2.79 bits per heavy atom. The summed E-state index contributed by atoms with van der Waals surface area (Å²) in [6.07, 6.45) is 3.65. The van der Waals surface area contributed by atoms with Crippen LogP contribution in [0.4, 0.5) is 14.6 Å². The summed E-state index contributed by atoms with van der Waals surface area (Å²) in [7, 11) is 0. The maximum Gasteiger partial charge on any atom is 0.319 e. The Balaban J connectivity index is 1.23. The van der Waals surface area contributed by atoms with Gasteiger partial charge in [0.1, 0.15) is 17.0 Å². The number of benzene rings is 2. The molecule has 0 aliphatic carbocycles. The Morgan fingerprint density at radius 1 is 1.17 bits per heavy atom. The van der Waals surface area contributed by atoms with Crippen LogP contribution in [-0.2, 0) is 9.53 Å². The number of alkyl halides is 1. The van der Waals surface area contributed by atoms with E-state index in [1.54, 1.807) is 12.1 Å². The summed E-state index contributed by atoms with van der Waals surface area (Å²) in [6.45, 7) is 2.62. The first-order valence-electron chi connectivity index (χ1n) is 15.9. The molecule has 0 spiro atoms. The van der Waals surface area contributed by atoms with Gasteiger partial charge in [-0.25, -0.2) is 8.78 Å². The molecule has 0 radical (unpaired) electrons. The summed E-state index contributed by atoms with van der Waals surface area (Å²) in [5.74, 6) is 3.64. The number of aromatic nitrogens is 3. The van der Waals surface area contributed by atoms with Gasteiger partial charge < -0.3 is 19.3 Å². The number of pyridine rings is 1. The Hall–Kier alpha value is -4.62. The first-order valence-corrected chi connectivity index (χ1v) is 16.3. The van der Waals surface area contributed by atoms with Gasteiger partial charge in [-0.1, -0.05) is 47.9 Å². The van der Waals surface area contributed by atoms with E-state index in [0.717, 1.165) is 37.9 Å². The standard InChI is InChI=1S/C35H32ClF2N7O3/c36-28-8-2-6-22-5-1-7-26(30(22)28)32-31(38)33-27(18-40-32)34(44-14-15-45(23(19-44)10-12-39)29(46)9-3-11-37)42-35(41-33)47-16-4-13-43-20-25-17-24(43)21-48-25/h1-2,5-8,18,23-25H,4,10-11,13-17,19-21H2/t23-,24-,25-/m0/s1. The Labute approximate surface area is 281 Å². The number of hydrogen-bond donors (Lipinski definition) is 0. The number of ether oxygens (including phenoxy) is 2. The molecule has 3 atom stereocenters. The molecule has 4 aromatic rings. The zero-order chi connectivity index (χ0) is 33.2. The number of carbonyl (C=O) groups excluding carboxylic acids is 1. The van der Waals surface area contributed by atoms with Gasteiger partial charge in [0.15, 0.2) is 12.5 Å². The van der Waals surface area contributed by atoms with Crippen LogP contribution in [0.5, 0.6) is 6.01 Å². The minimum atomic E-state index is -0.941. The summed E-state index contributed by atoms with van der Waals surface area (Å²) < 4.78 is 41.1. The highest BCUT2D eigenvalue weighted by Gasteiger charge is 2.38. The lowest BCUT2D eigenvalue weighted by molar-refractivity contribution is -0.127. The van der Waals surface area contributed by atoms with Crippen molar-refractivity contribution in [1.29, 1.82) is 5.26 Å². The van der Waals surface area contributed by atoms with Crippen LogP contribution in [0.3, 0.4) is 0 Å². The van der Waals surface area contributed by atoms with Crippen LogP contribution >= 0.6 is 11.6 Å². The molecule has 2 aromatic heterocycles. The number of piperazine rings is 1. The average molecular weight is 672 g/mol. The summed E-state index contributed by atoms with van der Waals surface area (Å²) in [5.41, 5.74) is 0.647. The molecule has 0 N–H and O–H groups in total. The van der Waals surface area contributed by atoms with Gasteiger partial charge in [0, 0.05) is 60.9 Å². The van der Waals surface area contributed by atoms with Crippen LogP contribution in [0, 0.1) is 29.0 Å². The molecule has 7 rings (SSSR count). The minimum absolute atomic E-state index is 0.0138. The predicted molar refractivity (Wildman–Crippen MR) is 177 cm³/mol. The van der Waals surface area contributed by atoms with Gasteiger partial charge >= 0.3 is 6.01 Å². The van der Waals surface area contributed by atoms with E-state index < -0.39 is 24.4 Å². The number of morpholine rings is 1. The van der Waals surface area contributed by atoms with Crippen molar-refractivity contribution in [3.63, 3.8) is 0 Å². The number of amides is 1. The zero-order valence-corrected chi connectivity index (χ0v) is 26.8. The third kappa shape index (κ3) is 6.19. The number of nitrogens with zero attached hydrogens (tertiary/aromatic N) is 7. The number of anilines is 1. The molecule has 2 aromatic carbocycles. The van der Waals surface area contributed by atoms with E-state index in [2.05, 4.69) is 32.8 Å². The Kier molecular flexibility index (Phi) is 9.22. The third-order valence-corrected chi connectivity index (χ3v) is 9.53. The molecule has 10 nitrogen and oxygen atoms in total. The van der Waals surface area contributed by atoms with E-state index in [1.165, 1.54) is 11.1 Å². The molecule has 3 fully saturated rings. The lowest BCUT2D eigenvalue weighted by Gasteiger charge is -2.40. The smallest absolute Gasteiger partial charge is 0.319 e. The molecule has 2 bridgehead atoms. The molecular formula is C35H32ClF2N7O3. The molecule has 0 unspecified atom stereocenters. The molecule has 48 heavy (non-hydrogen) atoms. The normalized spacial score (nSPS) is 20.6. The molecule has 5 heterocycles. The van der Waals surface area contributed by atoms with Gasteiger partial charge in [0.25, 0.3) is 5.91 Å². The van der Waals surface area contributed by atoms with E-state index >= 15 is 4.39 Å². The molecule has 3 aliphatic heterocycles. The van der Waals surface area contributed by atoms with Crippen molar-refractivity contribution in [3.05, 3.63) is 53.4 Å². The molecule has 13 heteroatoms. The molecule has 1 amide bonds. The van der Waals surface area contributed by atoms with Gasteiger partial charge in [-0.15, -0.1) is 0 Å². The monoisotopic (exact) mass is 671 g/mol. The van der Waals surface area contributed by atoms with Crippen molar-refractivity contribution < 1.29 is 23.0 Å². The molecule has 246 valence electrons. The van der Waals surface area contributed by atoms with Crippen LogP contribution in [-0.4, -0.2) is 101 Å². The second-order valence-corrected chi connectivity index (χ2v) is 12.5. The molecule has 3 saturated heterocycles. The number of rotatable bonds is 8. The highest BCUT2D eigenvalue weighted by atomic mass is 35.5. The number of carbonyl (C=O) groups is 1. The summed E-state index contributed by atoms with van der Waals surface area (Å²) in [5, 5.41) is 11.9. The average Bonchev–Trinajstić information content (AvgIpc) is 3.73. The van der Waals surface area contributed by atoms with Gasteiger partial charge in [0.05, 0.1) is 43.2 Å². The third-order valence-electron chi connectivity index (χ3n) is 9.22. The van der Waals surface area contributed by atoms with E-state index in [0.29, 0.717) is 52.5 Å². The quantitative estimate of drug-likeness (QED) is 0.193. The van der Waals surface area contributed by atoms with E-state index in [4.69, 9.17) is 26.1 Å². The SMILES string of the molecule is N#CC[C@H]1CN(c2nc(OCCCN3C[C@@H]4C[C@H]3CO4)nc3c(F)c(-c4cccc5cccc(Cl)c45)ncc23)CCN1C(=O)C#CCF. The van der Waals surface area contributed by atoms with Gasteiger partial charge in [-0.2, -0.15) is 15.2 Å². The second kappa shape index (κ2) is 13.9. The van der Waals surface area contributed by atoms with Crippen molar-refractivity contribution in [2.75, 3.05) is 57.5 Å². The maximum absolute atomic E-state index is 16.7. The number of hydrogen-bond acceptors (Lipinski definition) is 9. The molecule has 0 saturated carbocycles. The van der Waals surface area contributed by atoms with Crippen molar-refractivity contribution >= 4 is 45.0 Å². The summed E-state index contributed by atoms with van der Waals surface area (Å²) >= 11 is 6.58. The first-order chi connectivity index (χ1) is 23.4. The topological polar surface area (TPSA) is 108 Å². The van der Waals surface area contributed by atoms with Crippen molar-refractivity contribution in [3.8, 4) is 35.2 Å². The van der Waals surface area contributed by atoms with Crippen LogP contribution in [0.2, 0.25) is 5.02 Å². The number of halogens is 3. The van der Waals surface area contributed by atoms with Crippen molar-refractivity contribution in [1.82, 2.24) is 24.8 Å². The van der Waals surface area contributed by atoms with E-state index in [-0.39, 0.29) is 36.7 Å². The zero-order valence-electron chi connectivity index (χ0n) is 26.0. The first kappa shape index (κ1) is 32.0. The molecular weight excluding hydrogens is 640 g/mol. The van der Waals surface area contributed by atoms with Gasteiger partial charge in [-0.3, -0.25) is 14.7 Å². The largest absolute Gasteiger partial charge is 0.463 e. The summed E-state index contributed by atoms with van der Waals surface area (Å²) in [6, 6.07) is 13.0. The van der Waals surface area contributed by atoms with Crippen molar-refractivity contribution in [2.45, 2.75) is 37.5 Å². The van der Waals surface area contributed by atoms with E-state index in [1.807, 2.05) is 29.2 Å². The van der Waals surface area contributed by atoms with E-state index in [9.17, 15) is 14.4 Å². The minimum Gasteiger partial charge on any atom is -0.463 e. The highest BCUT2D eigenvalue weighted by molar-refractivity contribution is 6.36. The fraction of sp³-hybridized carbons (Fsp3) is 0.400. The molecule has 3 aliphatic rings. The second-order valence-electron chi connectivity index (χ2n) is 12.1. The van der Waals surface area contributed by atoms with Gasteiger partial charge in [-0.05, 0) is 30.2 Å². The van der Waals surface area contributed by atoms with Crippen LogP contribution < -0.4 is 9.64 Å². The Morgan fingerprint density at radius 2 is 2.02 bits per heavy atom. The highest BCUT2D eigenvalue weighted by Crippen LogP contribution is 2.37. The van der Waals surface area contributed by atoms with Crippen LogP contribution in [0.15, 0.2) is 42.6 Å². The fourth-order valence-electron chi connectivity index (χ4n) is 6.97. The number of likely N-dealkylation sites (tertiary alicyclic amines) is 1. The summed E-state index contributed by atoms with van der Waals surface area (Å²) in [4.78, 5) is 32.3. The lowest BCUT2D eigenvalue weighted by Crippen LogP contribution is -2.55. The van der Waals surface area contributed by atoms with Crippen LogP contribution in [0.1, 0.15) is 19.3 Å². The lowest BCUT2D eigenvalue weighted by atomic mass is 10.0. The van der Waals surface area contributed by atoms with Crippen molar-refractivity contribution in [2.24, 2.45) is 0 Å². The predicted octanol–water partition coefficient (Wildman–Crippen LogP) is 4.78. The number of fused-ring (bicyclic) bond motifs is 4. The maximum atomic E-state index is 16.7. The Bertz CT molecular complexity index is 1970. The van der Waals surface area contributed by atoms with Gasteiger partial charge in [0.2, 0.25) is 0 Å². The van der Waals surface area contributed by atoms with Crippen LogP contribution in [0.25, 0.3) is 32.9 Å². The fourth-order valence-corrected chi connectivity index (χ4v) is 7.25.